The maximum Gasteiger partial charge on any atom is 0.472 e. The number of esters is 2. The smallest absolute Gasteiger partial charge is 0.472 e. The first-order valence-corrected chi connectivity index (χ1v) is 26.0. The van der Waals surface area contributed by atoms with Crippen molar-refractivity contribution in [2.24, 2.45) is 5.73 Å². The van der Waals surface area contributed by atoms with E-state index in [2.05, 4.69) is 79.1 Å². The predicted octanol–water partition coefficient (Wildman–Crippen LogP) is 9.65. The number of thioether (sulfide) groups is 1. The molecule has 14 nitrogen and oxygen atoms in total. The lowest BCUT2D eigenvalue weighted by atomic mass is 10.1. The van der Waals surface area contributed by atoms with Gasteiger partial charge in [-0.25, -0.2) is 4.57 Å². The lowest BCUT2D eigenvalue weighted by Crippen LogP contribution is -2.38. The Labute approximate surface area is 404 Å². The summed E-state index contributed by atoms with van der Waals surface area (Å²) in [5.41, 5.74) is 6.15. The lowest BCUT2D eigenvalue weighted by Gasteiger charge is -2.22. The number of carbonyl (C=O) groups excluding carboxylic acids is 2. The van der Waals surface area contributed by atoms with Gasteiger partial charge in [0.1, 0.15) is 18.8 Å². The summed E-state index contributed by atoms with van der Waals surface area (Å²) >= 11 is 1.18. The molecule has 0 saturated carbocycles. The molecule has 0 saturated heterocycles. The monoisotopic (exact) mass is 978 g/mol. The van der Waals surface area contributed by atoms with Crippen LogP contribution < -0.4 is 5.73 Å². The van der Waals surface area contributed by atoms with E-state index in [9.17, 15) is 34.1 Å². The van der Waals surface area contributed by atoms with Gasteiger partial charge in [0.15, 0.2) is 6.10 Å². The molecule has 6 atom stereocenters. The number of unbranched alkanes of at least 4 members (excludes halogenated alkanes) is 3. The van der Waals surface area contributed by atoms with Crippen LogP contribution in [0.25, 0.3) is 0 Å². The van der Waals surface area contributed by atoms with Gasteiger partial charge in [-0.15, -0.1) is 11.8 Å². The minimum Gasteiger partial charge on any atom is -0.481 e. The zero-order valence-corrected chi connectivity index (χ0v) is 41.4. The van der Waals surface area contributed by atoms with Gasteiger partial charge in [-0.3, -0.25) is 23.4 Å². The van der Waals surface area contributed by atoms with Crippen molar-refractivity contribution in [2.75, 3.05) is 32.2 Å². The molecule has 0 spiro atoms. The summed E-state index contributed by atoms with van der Waals surface area (Å²) in [5, 5.41) is 37.9. The van der Waals surface area contributed by atoms with E-state index in [-0.39, 0.29) is 31.4 Å². The van der Waals surface area contributed by atoms with Gasteiger partial charge in [0, 0.05) is 23.8 Å². The molecule has 0 rings (SSSR count). The van der Waals surface area contributed by atoms with E-state index >= 15 is 0 Å². The van der Waals surface area contributed by atoms with Gasteiger partial charge in [0.25, 0.3) is 0 Å². The van der Waals surface area contributed by atoms with Crippen molar-refractivity contribution >= 4 is 37.5 Å². The quantitative estimate of drug-likeness (QED) is 0.0110. The summed E-state index contributed by atoms with van der Waals surface area (Å²) in [5.74, 6) is -2.55. The summed E-state index contributed by atoms with van der Waals surface area (Å²) in [4.78, 5) is 46.9. The van der Waals surface area contributed by atoms with E-state index in [1.54, 1.807) is 18.2 Å². The fraction of sp³-hybridized carbons (Fsp3) is 0.549. The van der Waals surface area contributed by atoms with E-state index in [0.717, 1.165) is 44.9 Å². The summed E-state index contributed by atoms with van der Waals surface area (Å²) in [6.07, 6.45) is 48.0. The van der Waals surface area contributed by atoms with Crippen LogP contribution in [0.15, 0.2) is 122 Å². The third-order valence-electron chi connectivity index (χ3n) is 9.11. The molecule has 7 N–H and O–H groups in total. The van der Waals surface area contributed by atoms with E-state index in [1.165, 1.54) is 31.0 Å². The molecule has 16 heteroatoms. The number of aliphatic hydroxyl groups is 3. The first kappa shape index (κ1) is 63.1. The zero-order chi connectivity index (χ0) is 49.6. The molecule has 67 heavy (non-hydrogen) atoms. The molecule has 0 aliphatic heterocycles. The second-order valence-corrected chi connectivity index (χ2v) is 17.9. The molecule has 1 unspecified atom stereocenters. The second kappa shape index (κ2) is 44.6. The number of hydrogen-bond acceptors (Lipinski definition) is 13. The Hall–Kier alpha value is -3.89. The van der Waals surface area contributed by atoms with Crippen molar-refractivity contribution in [2.45, 2.75) is 146 Å². The van der Waals surface area contributed by atoms with Crippen LogP contribution in [-0.2, 0) is 37.5 Å². The number of carbonyl (C=O) groups is 3. The fourth-order valence-electron chi connectivity index (χ4n) is 5.40. The average molecular weight is 978 g/mol. The van der Waals surface area contributed by atoms with Crippen LogP contribution in [0, 0.1) is 0 Å². The Morgan fingerprint density at radius 2 is 1.22 bits per heavy atom. The number of allylic oxidation sites excluding steroid dienone is 19. The number of aliphatic hydroxyl groups excluding tert-OH is 3. The van der Waals surface area contributed by atoms with Crippen LogP contribution in [0.3, 0.4) is 0 Å². The molecule has 0 aromatic heterocycles. The van der Waals surface area contributed by atoms with Crippen LogP contribution in [0.4, 0.5) is 0 Å². The molecule has 0 bridgehead atoms. The molecule has 0 aliphatic rings. The standard InChI is InChI=1S/C51H80NO13PS/c1-3-5-7-9-11-13-15-17-18-19-20-21-22-23-25-27-29-31-33-38-50(58)65-45(42-64-66(60,61)63-40-44(54)39-53)41-62-51(59)46(52)43-67-48(47(55)35-34-37-49(56)57)36-32-30-28-26-24-16-14-12-10-8-6-4-2/h5,7,11-14,17-18,20-21,23-26,28-32,36,44-48,53-55H,3-4,6,8-10,15-16,19,22,27,33-35,37-43,52H2,1-2H3,(H,56,57)(H,60,61)/b7-5-,13-11-,14-12-,18-17-,21-20-,25-23-,26-24-,30-28+,31-29-,36-32+/t44-,45+,46-,47-,48+/m0/s1. The number of ether oxygens (including phenoxy) is 2. The summed E-state index contributed by atoms with van der Waals surface area (Å²) in [6.45, 7) is 1.55. The van der Waals surface area contributed by atoms with E-state index in [0.29, 0.717) is 12.8 Å². The highest BCUT2D eigenvalue weighted by atomic mass is 32.2. The molecule has 0 aromatic carbocycles. The first-order valence-electron chi connectivity index (χ1n) is 23.4. The van der Waals surface area contributed by atoms with Crippen LogP contribution >= 0.6 is 19.6 Å². The molecule has 378 valence electrons. The highest BCUT2D eigenvalue weighted by molar-refractivity contribution is 8.00. The van der Waals surface area contributed by atoms with Gasteiger partial charge in [-0.1, -0.05) is 148 Å². The lowest BCUT2D eigenvalue weighted by molar-refractivity contribution is -0.161. The number of carboxylic acid groups (broad SMARTS) is 1. The third-order valence-corrected chi connectivity index (χ3v) is 11.5. The second-order valence-electron chi connectivity index (χ2n) is 15.3. The molecule has 0 heterocycles. The Kier molecular flexibility index (Phi) is 42.0. The van der Waals surface area contributed by atoms with Crippen molar-refractivity contribution in [3.05, 3.63) is 122 Å². The minimum absolute atomic E-state index is 0.00217. The van der Waals surface area contributed by atoms with Crippen molar-refractivity contribution in [1.82, 2.24) is 0 Å². The Morgan fingerprint density at radius 3 is 1.81 bits per heavy atom. The summed E-state index contributed by atoms with van der Waals surface area (Å²) in [7, 11) is -4.78. The van der Waals surface area contributed by atoms with E-state index in [4.69, 9.17) is 29.9 Å². The predicted molar refractivity (Wildman–Crippen MR) is 270 cm³/mol. The van der Waals surface area contributed by atoms with Crippen molar-refractivity contribution in [1.29, 1.82) is 0 Å². The molecule has 0 aliphatic carbocycles. The largest absolute Gasteiger partial charge is 0.481 e. The van der Waals surface area contributed by atoms with Gasteiger partial charge in [0.2, 0.25) is 0 Å². The fourth-order valence-corrected chi connectivity index (χ4v) is 7.32. The van der Waals surface area contributed by atoms with Gasteiger partial charge in [-0.2, -0.15) is 0 Å². The number of phosphoric acid groups is 1. The number of aliphatic carboxylic acids is 1. The summed E-state index contributed by atoms with van der Waals surface area (Å²) < 4.78 is 32.8. The first-order chi connectivity index (χ1) is 32.3. The average Bonchev–Trinajstić information content (AvgIpc) is 3.30. The third kappa shape index (κ3) is 42.0. The van der Waals surface area contributed by atoms with Crippen molar-refractivity contribution in [3.63, 3.8) is 0 Å². The number of hydrogen-bond donors (Lipinski definition) is 6. The maximum absolute atomic E-state index is 13.0. The van der Waals surface area contributed by atoms with Gasteiger partial charge in [0.05, 0.1) is 25.9 Å². The Balaban J connectivity index is 5.26. The molecule has 0 aromatic rings. The maximum atomic E-state index is 13.0. The van der Waals surface area contributed by atoms with Crippen LogP contribution in [-0.4, -0.2) is 105 Å². The molecular weight excluding hydrogens is 898 g/mol. The molecule has 0 amide bonds. The minimum atomic E-state index is -4.78. The Morgan fingerprint density at radius 1 is 0.672 bits per heavy atom. The highest BCUT2D eigenvalue weighted by Gasteiger charge is 2.28. The topological polar surface area (TPSA) is 232 Å². The number of rotatable bonds is 42. The SMILES string of the molecule is CC/C=C\C/C=C\C/C=C\C/C=C\C/C=C\C/C=C\CCC(=O)O[C@H](COC(=O)[C@@H](N)CS[C@H](/C=C/C=C/C=C\C/C=C\CCCCC)[C@@H](O)CCCC(=O)O)COP(=O)(O)OC[C@@H](O)CO. The summed E-state index contributed by atoms with van der Waals surface area (Å²) in [6, 6.07) is -1.20. The normalized spacial score (nSPS) is 16.0. The molecule has 0 radical (unpaired) electrons. The van der Waals surface area contributed by atoms with Crippen LogP contribution in [0.1, 0.15) is 117 Å². The van der Waals surface area contributed by atoms with Crippen molar-refractivity contribution < 1.29 is 62.8 Å². The Bertz CT molecular complexity index is 1650. The van der Waals surface area contributed by atoms with Crippen LogP contribution in [0.5, 0.6) is 0 Å². The zero-order valence-electron chi connectivity index (χ0n) is 39.7. The van der Waals surface area contributed by atoms with Gasteiger partial charge in [-0.05, 0) is 77.0 Å². The van der Waals surface area contributed by atoms with Crippen LogP contribution in [0.2, 0.25) is 0 Å². The van der Waals surface area contributed by atoms with Gasteiger partial charge >= 0.3 is 25.7 Å². The molecule has 0 fully saturated rings. The van der Waals surface area contributed by atoms with E-state index < -0.39 is 81.8 Å². The molecular formula is C51H80NO13PS. The highest BCUT2D eigenvalue weighted by Crippen LogP contribution is 2.43. The number of carboxylic acids is 1. The van der Waals surface area contributed by atoms with Crippen molar-refractivity contribution in [3.8, 4) is 0 Å². The number of phosphoric ester groups is 1. The number of nitrogens with two attached hydrogens (primary N) is 1. The van der Waals surface area contributed by atoms with E-state index in [1.807, 2.05) is 42.5 Å². The van der Waals surface area contributed by atoms with Gasteiger partial charge < -0.3 is 40.5 Å².